The van der Waals surface area contributed by atoms with Gasteiger partial charge in [0.2, 0.25) is 0 Å². The van der Waals surface area contributed by atoms with Crippen molar-refractivity contribution >= 4 is 56.0 Å². The number of amidine groups is 1. The lowest BCUT2D eigenvalue weighted by atomic mass is 10.1. The molecule has 0 spiro atoms. The molecule has 0 bridgehead atoms. The van der Waals surface area contributed by atoms with E-state index in [2.05, 4.69) is 49.1 Å². The maximum atomic E-state index is 5.08. The number of pyridine rings is 1. The fraction of sp³-hybridized carbons (Fsp3) is 0.118. The molecule has 1 atom stereocenters. The fourth-order valence-electron chi connectivity index (χ4n) is 2.58. The first-order valence-corrected chi connectivity index (χ1v) is 9.89. The van der Waals surface area contributed by atoms with Crippen LogP contribution in [0.3, 0.4) is 0 Å². The van der Waals surface area contributed by atoms with Crippen molar-refractivity contribution in [1.82, 2.24) is 10.3 Å². The molecule has 0 fully saturated rings. The Bertz CT molecular complexity index is 928. The van der Waals surface area contributed by atoms with Gasteiger partial charge in [0, 0.05) is 33.5 Å². The maximum absolute atomic E-state index is 5.08. The number of thiophene rings is 2. The molecule has 4 heterocycles. The monoisotopic (exact) mass is 416 g/mol. The molecule has 3 aromatic rings. The number of nitrogens with one attached hydrogen (secondary N) is 1. The number of rotatable bonds is 2. The van der Waals surface area contributed by atoms with Crippen molar-refractivity contribution in [2.45, 2.75) is 6.04 Å². The van der Waals surface area contributed by atoms with Gasteiger partial charge in [-0.2, -0.15) is 0 Å². The van der Waals surface area contributed by atoms with Crippen LogP contribution in [0.15, 0.2) is 61.7 Å². The number of hydrogen-bond donors (Lipinski definition) is 1. The van der Waals surface area contributed by atoms with Gasteiger partial charge < -0.3 is 5.32 Å². The third-order valence-electron chi connectivity index (χ3n) is 3.65. The van der Waals surface area contributed by atoms with E-state index in [0.717, 1.165) is 31.3 Å². The normalized spacial score (nSPS) is 16.8. The molecule has 4 nitrogen and oxygen atoms in total. The maximum Gasteiger partial charge on any atom is 0.163 e. The predicted octanol–water partition coefficient (Wildman–Crippen LogP) is 4.81. The van der Waals surface area contributed by atoms with Crippen molar-refractivity contribution in [2.24, 2.45) is 9.98 Å². The molecule has 1 N–H and O–H groups in total. The molecule has 0 aromatic carbocycles. The lowest BCUT2D eigenvalue weighted by Gasteiger charge is -2.13. The molecule has 0 aliphatic carbocycles. The predicted molar refractivity (Wildman–Crippen MR) is 105 cm³/mol. The third kappa shape index (κ3) is 2.83. The minimum Gasteiger partial charge on any atom is -0.374 e. The van der Waals surface area contributed by atoms with Gasteiger partial charge in [0.05, 0.1) is 10.6 Å². The van der Waals surface area contributed by atoms with Gasteiger partial charge in [-0.1, -0.05) is 6.07 Å². The van der Waals surface area contributed by atoms with Crippen LogP contribution in [0.1, 0.15) is 21.4 Å². The summed E-state index contributed by atoms with van der Waals surface area (Å²) >= 11 is 6.88. The van der Waals surface area contributed by atoms with Crippen LogP contribution < -0.4 is 5.32 Å². The Balaban J connectivity index is 1.95. The highest BCUT2D eigenvalue weighted by Crippen LogP contribution is 2.34. The van der Waals surface area contributed by atoms with Crippen LogP contribution in [0.2, 0.25) is 0 Å². The second kappa shape index (κ2) is 6.58. The van der Waals surface area contributed by atoms with Crippen molar-refractivity contribution in [3.05, 3.63) is 67.1 Å². The lowest BCUT2D eigenvalue weighted by molar-refractivity contribution is 0.927. The Morgan fingerprint density at radius 1 is 1.21 bits per heavy atom. The standard InChI is InChI=1S/C17H13BrN4S2/c1-19-17-15(13-8-10(18)9-24-13)21-14(12-5-3-7-23-12)11-4-2-6-20-16(11)22-17/h2-9,15H,1H3,(H,19,20,22). The van der Waals surface area contributed by atoms with E-state index in [4.69, 9.17) is 9.98 Å². The first kappa shape index (κ1) is 15.7. The van der Waals surface area contributed by atoms with Gasteiger partial charge in [-0.15, -0.1) is 22.7 Å². The van der Waals surface area contributed by atoms with Gasteiger partial charge in [0.25, 0.3) is 0 Å². The van der Waals surface area contributed by atoms with Gasteiger partial charge in [0.15, 0.2) is 5.82 Å². The summed E-state index contributed by atoms with van der Waals surface area (Å²) in [6.45, 7) is 0. The summed E-state index contributed by atoms with van der Waals surface area (Å²) in [6, 6.07) is 10.0. The van der Waals surface area contributed by atoms with Crippen LogP contribution in [0.5, 0.6) is 0 Å². The molecular weight excluding hydrogens is 404 g/mol. The average Bonchev–Trinajstić information content (AvgIpc) is 3.24. The molecule has 1 aliphatic rings. The molecule has 3 aromatic heterocycles. The van der Waals surface area contributed by atoms with Gasteiger partial charge in [0.1, 0.15) is 11.9 Å². The minimum atomic E-state index is -0.169. The Hall–Kier alpha value is -1.83. The van der Waals surface area contributed by atoms with Crippen LogP contribution in [-0.2, 0) is 0 Å². The van der Waals surface area contributed by atoms with Crippen molar-refractivity contribution < 1.29 is 0 Å². The second-order valence-corrected chi connectivity index (χ2v) is 7.95. The van der Waals surface area contributed by atoms with Gasteiger partial charge in [-0.25, -0.2) is 9.98 Å². The summed E-state index contributed by atoms with van der Waals surface area (Å²) in [4.78, 5) is 16.6. The number of likely N-dealkylation sites (N-methyl/N-ethyl adjacent to an activating group) is 1. The molecule has 1 unspecified atom stereocenters. The first-order chi connectivity index (χ1) is 11.8. The fourth-order valence-corrected chi connectivity index (χ4v) is 4.80. The Labute approximate surface area is 156 Å². The number of aliphatic imine (C=N–C) groups is 2. The zero-order valence-electron chi connectivity index (χ0n) is 12.7. The summed E-state index contributed by atoms with van der Waals surface area (Å²) in [7, 11) is 1.88. The number of hydrogen-bond acceptors (Lipinski definition) is 6. The molecule has 0 radical (unpaired) electrons. The zero-order chi connectivity index (χ0) is 16.5. The molecule has 120 valence electrons. The highest BCUT2D eigenvalue weighted by molar-refractivity contribution is 9.10. The largest absolute Gasteiger partial charge is 0.374 e. The SMILES string of the molecule is CNC1=Nc2ncccc2C(c2cccs2)=NC1c1cc(Br)cs1. The van der Waals surface area contributed by atoms with Crippen LogP contribution in [0.25, 0.3) is 0 Å². The van der Waals surface area contributed by atoms with E-state index in [1.807, 2.05) is 25.2 Å². The van der Waals surface area contributed by atoms with Crippen LogP contribution >= 0.6 is 38.6 Å². The van der Waals surface area contributed by atoms with E-state index >= 15 is 0 Å². The van der Waals surface area contributed by atoms with E-state index in [0.29, 0.717) is 5.82 Å². The van der Waals surface area contributed by atoms with E-state index in [9.17, 15) is 0 Å². The highest BCUT2D eigenvalue weighted by Gasteiger charge is 2.26. The van der Waals surface area contributed by atoms with Crippen molar-refractivity contribution in [2.75, 3.05) is 7.05 Å². The van der Waals surface area contributed by atoms with E-state index < -0.39 is 0 Å². The molecule has 0 saturated carbocycles. The summed E-state index contributed by atoms with van der Waals surface area (Å²) in [6.07, 6.45) is 1.77. The number of fused-ring (bicyclic) bond motifs is 1. The summed E-state index contributed by atoms with van der Waals surface area (Å²) in [5.74, 6) is 1.50. The average molecular weight is 417 g/mol. The molecule has 0 amide bonds. The highest BCUT2D eigenvalue weighted by atomic mass is 79.9. The van der Waals surface area contributed by atoms with E-state index in [1.54, 1.807) is 28.9 Å². The van der Waals surface area contributed by atoms with Crippen LogP contribution in [0, 0.1) is 0 Å². The van der Waals surface area contributed by atoms with Gasteiger partial charge in [-0.3, -0.25) is 4.99 Å². The minimum absolute atomic E-state index is 0.169. The summed E-state index contributed by atoms with van der Waals surface area (Å²) in [5.41, 5.74) is 1.91. The molecule has 1 aliphatic heterocycles. The Kier molecular flexibility index (Phi) is 4.30. The zero-order valence-corrected chi connectivity index (χ0v) is 16.0. The molecule has 24 heavy (non-hydrogen) atoms. The van der Waals surface area contributed by atoms with E-state index in [-0.39, 0.29) is 6.04 Å². The topological polar surface area (TPSA) is 49.6 Å². The quantitative estimate of drug-likeness (QED) is 0.651. The third-order valence-corrected chi connectivity index (χ3v) is 6.28. The number of halogens is 1. The second-order valence-electron chi connectivity index (χ2n) is 5.15. The van der Waals surface area contributed by atoms with Crippen molar-refractivity contribution in [3.8, 4) is 0 Å². The summed E-state index contributed by atoms with van der Waals surface area (Å²) in [5, 5.41) is 7.34. The first-order valence-electron chi connectivity index (χ1n) is 7.33. The number of nitrogens with zero attached hydrogens (tertiary/aromatic N) is 3. The number of aromatic nitrogens is 1. The molecule has 0 saturated heterocycles. The van der Waals surface area contributed by atoms with Gasteiger partial charge in [-0.05, 0) is 45.6 Å². The van der Waals surface area contributed by atoms with Crippen molar-refractivity contribution in [1.29, 1.82) is 0 Å². The smallest absolute Gasteiger partial charge is 0.163 e. The van der Waals surface area contributed by atoms with E-state index in [1.165, 1.54) is 0 Å². The molecule has 4 rings (SSSR count). The lowest BCUT2D eigenvalue weighted by Crippen LogP contribution is -2.24. The Morgan fingerprint density at radius 2 is 2.12 bits per heavy atom. The van der Waals surface area contributed by atoms with Crippen LogP contribution in [-0.4, -0.2) is 23.6 Å². The summed E-state index contributed by atoms with van der Waals surface area (Å²) < 4.78 is 1.06. The molecule has 7 heteroatoms. The van der Waals surface area contributed by atoms with Gasteiger partial charge >= 0.3 is 0 Å². The Morgan fingerprint density at radius 3 is 2.83 bits per heavy atom. The van der Waals surface area contributed by atoms with Crippen molar-refractivity contribution in [3.63, 3.8) is 0 Å². The van der Waals surface area contributed by atoms with Crippen LogP contribution in [0.4, 0.5) is 5.82 Å². The molecular formula is C17H13BrN4S2.